The Morgan fingerprint density at radius 1 is 1.20 bits per heavy atom. The maximum atomic E-state index is 12.9. The predicted molar refractivity (Wildman–Crippen MR) is 96.3 cm³/mol. The minimum atomic E-state index is -0.557. The lowest BCUT2D eigenvalue weighted by Crippen LogP contribution is -2.39. The van der Waals surface area contributed by atoms with Crippen molar-refractivity contribution >= 4 is 17.6 Å². The van der Waals surface area contributed by atoms with Crippen LogP contribution in [0.15, 0.2) is 35.3 Å². The van der Waals surface area contributed by atoms with Crippen LogP contribution in [0.4, 0.5) is 0 Å². The van der Waals surface area contributed by atoms with Crippen LogP contribution in [0.25, 0.3) is 0 Å². The molecule has 0 N–H and O–H groups in total. The highest BCUT2D eigenvalue weighted by atomic mass is 16.5. The number of carbonyl (C=O) groups excluding carboxylic acids is 2. The molecular weight excluding hydrogens is 316 g/mol. The quantitative estimate of drug-likeness (QED) is 0.773. The van der Waals surface area contributed by atoms with Crippen molar-refractivity contribution in [3.8, 4) is 0 Å². The fraction of sp³-hybridized carbons (Fsp3) is 0.550. The Labute approximate surface area is 149 Å². The molecule has 3 rings (SSSR count). The zero-order valence-electron chi connectivity index (χ0n) is 14.8. The van der Waals surface area contributed by atoms with Crippen molar-refractivity contribution in [1.29, 1.82) is 0 Å². The molecule has 1 unspecified atom stereocenters. The van der Waals surface area contributed by atoms with Gasteiger partial charge in [0.1, 0.15) is 11.6 Å². The molecule has 0 aromatic heterocycles. The Morgan fingerprint density at radius 3 is 2.60 bits per heavy atom. The number of likely N-dealkylation sites (tertiary alicyclic amines) is 1. The molecule has 25 heavy (non-hydrogen) atoms. The summed E-state index contributed by atoms with van der Waals surface area (Å²) in [6, 6.07) is 10.0. The van der Waals surface area contributed by atoms with E-state index in [-0.39, 0.29) is 17.9 Å². The van der Waals surface area contributed by atoms with Gasteiger partial charge in [-0.25, -0.2) is 0 Å². The van der Waals surface area contributed by atoms with E-state index >= 15 is 0 Å². The Morgan fingerprint density at radius 2 is 1.92 bits per heavy atom. The number of ether oxygens (including phenoxy) is 1. The molecule has 1 aliphatic heterocycles. The Hall–Kier alpha value is -2.17. The van der Waals surface area contributed by atoms with Crippen LogP contribution in [0.2, 0.25) is 0 Å². The fourth-order valence-corrected chi connectivity index (χ4v) is 3.74. The lowest BCUT2D eigenvalue weighted by molar-refractivity contribution is -0.145. The number of hydrogen-bond acceptors (Lipinski definition) is 4. The maximum absolute atomic E-state index is 12.9. The van der Waals surface area contributed by atoms with Gasteiger partial charge in [-0.15, -0.1) is 0 Å². The molecular formula is C20H26N2O3. The van der Waals surface area contributed by atoms with Gasteiger partial charge in [0.05, 0.1) is 13.2 Å². The van der Waals surface area contributed by atoms with Crippen molar-refractivity contribution < 1.29 is 14.3 Å². The number of carbonyl (C=O) groups is 2. The van der Waals surface area contributed by atoms with E-state index in [4.69, 9.17) is 4.74 Å². The third kappa shape index (κ3) is 4.09. The molecule has 1 saturated heterocycles. The molecule has 1 aliphatic carbocycles. The SMILES string of the molecule is CCOC(=O)C1CN(C2CCCCC2)C(=O)C1=NCc1ccccc1. The molecule has 1 saturated carbocycles. The second kappa shape index (κ2) is 8.28. The summed E-state index contributed by atoms with van der Waals surface area (Å²) in [4.78, 5) is 31.7. The summed E-state index contributed by atoms with van der Waals surface area (Å²) in [7, 11) is 0. The Kier molecular flexibility index (Phi) is 5.84. The number of nitrogens with zero attached hydrogens (tertiary/aromatic N) is 2. The van der Waals surface area contributed by atoms with E-state index in [9.17, 15) is 9.59 Å². The van der Waals surface area contributed by atoms with Crippen LogP contribution in [-0.4, -0.2) is 41.7 Å². The second-order valence-electron chi connectivity index (χ2n) is 6.74. The Balaban J connectivity index is 1.80. The van der Waals surface area contributed by atoms with Gasteiger partial charge in [-0.2, -0.15) is 0 Å². The van der Waals surface area contributed by atoms with Crippen LogP contribution >= 0.6 is 0 Å². The van der Waals surface area contributed by atoms with E-state index in [0.29, 0.717) is 25.4 Å². The third-order valence-corrected chi connectivity index (χ3v) is 5.05. The summed E-state index contributed by atoms with van der Waals surface area (Å²) in [5.41, 5.74) is 1.40. The number of hydrogen-bond donors (Lipinski definition) is 0. The molecule has 1 amide bonds. The lowest BCUT2D eigenvalue weighted by atomic mass is 9.94. The van der Waals surface area contributed by atoms with Gasteiger partial charge in [-0.3, -0.25) is 14.6 Å². The molecule has 134 valence electrons. The summed E-state index contributed by atoms with van der Waals surface area (Å²) < 4.78 is 5.19. The molecule has 1 heterocycles. The van der Waals surface area contributed by atoms with Crippen molar-refractivity contribution in [2.24, 2.45) is 10.9 Å². The lowest BCUT2D eigenvalue weighted by Gasteiger charge is -2.30. The molecule has 5 heteroatoms. The summed E-state index contributed by atoms with van der Waals surface area (Å²) in [6.07, 6.45) is 5.57. The van der Waals surface area contributed by atoms with Crippen molar-refractivity contribution in [3.63, 3.8) is 0 Å². The molecule has 0 radical (unpaired) electrons. The van der Waals surface area contributed by atoms with Gasteiger partial charge in [0, 0.05) is 12.6 Å². The van der Waals surface area contributed by atoms with Gasteiger partial charge in [0.25, 0.3) is 5.91 Å². The van der Waals surface area contributed by atoms with Crippen LogP contribution in [0, 0.1) is 5.92 Å². The van der Waals surface area contributed by atoms with E-state index in [1.807, 2.05) is 35.2 Å². The standard InChI is InChI=1S/C20H26N2O3/c1-2-25-20(24)17-14-22(16-11-7-4-8-12-16)19(23)18(17)21-13-15-9-5-3-6-10-15/h3,5-6,9-10,16-17H,2,4,7-8,11-14H2,1H3. The van der Waals surface area contributed by atoms with Crippen LogP contribution in [0.1, 0.15) is 44.6 Å². The number of rotatable bonds is 5. The molecule has 0 spiro atoms. The molecule has 5 nitrogen and oxygen atoms in total. The van der Waals surface area contributed by atoms with Crippen molar-refractivity contribution in [2.45, 2.75) is 51.6 Å². The van der Waals surface area contributed by atoms with Crippen molar-refractivity contribution in [2.75, 3.05) is 13.2 Å². The number of benzene rings is 1. The topological polar surface area (TPSA) is 59.0 Å². The van der Waals surface area contributed by atoms with E-state index in [0.717, 1.165) is 31.2 Å². The highest BCUT2D eigenvalue weighted by Crippen LogP contribution is 2.28. The minimum Gasteiger partial charge on any atom is -0.465 e. The Bertz CT molecular complexity index is 636. The van der Waals surface area contributed by atoms with Crippen LogP contribution in [0.3, 0.4) is 0 Å². The van der Waals surface area contributed by atoms with E-state index < -0.39 is 5.92 Å². The summed E-state index contributed by atoms with van der Waals surface area (Å²) in [5.74, 6) is -0.972. The molecule has 0 bridgehead atoms. The first-order valence-electron chi connectivity index (χ1n) is 9.26. The number of amides is 1. The summed E-state index contributed by atoms with van der Waals surface area (Å²) in [6.45, 7) is 2.93. The first-order valence-corrected chi connectivity index (χ1v) is 9.26. The summed E-state index contributed by atoms with van der Waals surface area (Å²) >= 11 is 0. The zero-order valence-corrected chi connectivity index (χ0v) is 14.8. The normalized spacial score (nSPS) is 23.2. The van der Waals surface area contributed by atoms with Gasteiger partial charge in [0.2, 0.25) is 0 Å². The van der Waals surface area contributed by atoms with Crippen molar-refractivity contribution in [1.82, 2.24) is 4.90 Å². The van der Waals surface area contributed by atoms with E-state index in [1.165, 1.54) is 6.42 Å². The van der Waals surface area contributed by atoms with Crippen molar-refractivity contribution in [3.05, 3.63) is 35.9 Å². The number of aliphatic imine (C=N–C) groups is 1. The van der Waals surface area contributed by atoms with Gasteiger partial charge < -0.3 is 9.64 Å². The summed E-state index contributed by atoms with van der Waals surface area (Å²) in [5, 5.41) is 0. The molecule has 2 aliphatic rings. The monoisotopic (exact) mass is 342 g/mol. The van der Waals surface area contributed by atoms with Gasteiger partial charge >= 0.3 is 5.97 Å². The van der Waals surface area contributed by atoms with Crippen LogP contribution in [-0.2, 0) is 20.9 Å². The number of esters is 1. The average molecular weight is 342 g/mol. The van der Waals surface area contributed by atoms with Gasteiger partial charge in [0.15, 0.2) is 0 Å². The fourth-order valence-electron chi connectivity index (χ4n) is 3.74. The molecule has 2 fully saturated rings. The smallest absolute Gasteiger partial charge is 0.317 e. The van der Waals surface area contributed by atoms with Crippen LogP contribution < -0.4 is 0 Å². The molecule has 1 aromatic carbocycles. The first-order chi connectivity index (χ1) is 12.2. The molecule has 1 atom stereocenters. The maximum Gasteiger partial charge on any atom is 0.317 e. The highest BCUT2D eigenvalue weighted by Gasteiger charge is 2.44. The van der Waals surface area contributed by atoms with Gasteiger partial charge in [-0.1, -0.05) is 49.6 Å². The highest BCUT2D eigenvalue weighted by molar-refractivity contribution is 6.44. The van der Waals surface area contributed by atoms with Gasteiger partial charge in [-0.05, 0) is 25.3 Å². The second-order valence-corrected chi connectivity index (χ2v) is 6.74. The van der Waals surface area contributed by atoms with E-state index in [2.05, 4.69) is 4.99 Å². The average Bonchev–Trinajstić information content (AvgIpc) is 2.98. The molecule has 1 aromatic rings. The van der Waals surface area contributed by atoms with Crippen LogP contribution in [0.5, 0.6) is 0 Å². The van der Waals surface area contributed by atoms with E-state index in [1.54, 1.807) is 6.92 Å². The first kappa shape index (κ1) is 17.6. The zero-order chi connectivity index (χ0) is 17.6. The minimum absolute atomic E-state index is 0.0825. The largest absolute Gasteiger partial charge is 0.465 e. The third-order valence-electron chi connectivity index (χ3n) is 5.05. The predicted octanol–water partition coefficient (Wildman–Crippen LogP) is 2.98.